The topological polar surface area (TPSA) is 54.4 Å². The van der Waals surface area contributed by atoms with Gasteiger partial charge in [0, 0.05) is 0 Å². The van der Waals surface area contributed by atoms with E-state index in [1.807, 2.05) is 0 Å². The Kier molecular flexibility index (Phi) is 5.90. The number of fused-ring (bicyclic) bond motifs is 1. The predicted octanol–water partition coefficient (Wildman–Crippen LogP) is 6.02. The zero-order valence-electron chi connectivity index (χ0n) is 15.0. The molecular formula is C16H7F13O3S. The molecule has 0 saturated carbocycles. The first kappa shape index (κ1) is 26.8. The van der Waals surface area contributed by atoms with Crippen molar-refractivity contribution in [3.8, 4) is 5.75 Å². The summed E-state index contributed by atoms with van der Waals surface area (Å²) in [6, 6.07) is 3.45. The van der Waals surface area contributed by atoms with Crippen molar-refractivity contribution in [2.45, 2.75) is 40.0 Å². The smallest absolute Gasteiger partial charge is 0.460 e. The van der Waals surface area contributed by atoms with Gasteiger partial charge in [0.1, 0.15) is 5.75 Å². The molecule has 0 heterocycles. The third kappa shape index (κ3) is 3.54. The molecule has 0 aromatic heterocycles. The number of alkyl halides is 13. The largest absolute Gasteiger partial charge is 0.508 e. The molecule has 0 fully saturated rings. The number of benzene rings is 2. The van der Waals surface area contributed by atoms with Crippen LogP contribution in [0.1, 0.15) is 0 Å². The summed E-state index contributed by atoms with van der Waals surface area (Å²) in [5, 5.41) is 1.46. The molecule has 1 N–H and O–H groups in total. The second-order valence-electron chi connectivity index (χ2n) is 6.51. The van der Waals surface area contributed by atoms with Crippen LogP contribution in [0.4, 0.5) is 57.1 Å². The first-order chi connectivity index (χ1) is 14.5. The summed E-state index contributed by atoms with van der Waals surface area (Å²) in [6.07, 6.45) is -7.60. The average Bonchev–Trinajstić information content (AvgIpc) is 2.65. The number of phenolic OH excluding ortho intramolecular Hbond substituents is 1. The maximum atomic E-state index is 14.1. The van der Waals surface area contributed by atoms with Gasteiger partial charge in [-0.05, 0) is 35.0 Å². The zero-order valence-corrected chi connectivity index (χ0v) is 15.9. The Hall–Kier alpha value is -2.46. The third-order valence-electron chi connectivity index (χ3n) is 4.35. The van der Waals surface area contributed by atoms with E-state index in [0.29, 0.717) is 6.07 Å². The minimum atomic E-state index is -8.22. The lowest BCUT2D eigenvalue weighted by Gasteiger charge is -2.39. The number of phenols is 1. The summed E-state index contributed by atoms with van der Waals surface area (Å²) >= 11 is 0. The normalized spacial score (nSPS) is 15.2. The van der Waals surface area contributed by atoms with Gasteiger partial charge in [-0.15, -0.1) is 0 Å². The van der Waals surface area contributed by atoms with E-state index in [9.17, 15) is 70.6 Å². The summed E-state index contributed by atoms with van der Waals surface area (Å²) in [6.45, 7) is 0. The first-order valence-corrected chi connectivity index (χ1v) is 9.38. The third-order valence-corrected chi connectivity index (χ3v) is 6.15. The second kappa shape index (κ2) is 7.27. The van der Waals surface area contributed by atoms with E-state index in [1.165, 1.54) is 0 Å². The Bertz CT molecular complexity index is 1170. The number of halogens is 13. The van der Waals surface area contributed by atoms with Gasteiger partial charge >= 0.3 is 35.1 Å². The highest BCUT2D eigenvalue weighted by Crippen LogP contribution is 2.61. The highest BCUT2D eigenvalue weighted by molar-refractivity contribution is 7.92. The predicted molar refractivity (Wildman–Crippen MR) is 83.6 cm³/mol. The zero-order chi connectivity index (χ0) is 26.1. The minimum absolute atomic E-state index is 0.0989. The fourth-order valence-electron chi connectivity index (χ4n) is 2.45. The molecule has 0 radical (unpaired) electrons. The lowest BCUT2D eigenvalue weighted by Crippen LogP contribution is -2.71. The molecule has 0 aliphatic carbocycles. The van der Waals surface area contributed by atoms with E-state index in [1.54, 1.807) is 0 Å². The number of rotatable bonds is 6. The van der Waals surface area contributed by atoms with E-state index < -0.39 is 55.6 Å². The summed E-state index contributed by atoms with van der Waals surface area (Å²) in [5.41, 5.74) is 0. The molecule has 0 bridgehead atoms. The molecule has 0 unspecified atom stereocenters. The van der Waals surface area contributed by atoms with Crippen LogP contribution in [0.2, 0.25) is 0 Å². The SMILES string of the molecule is O=S(=O)(c1ccc2cc(O)ccc2c1)C(F)(F)C(F)(F)C(F)(F)C(F)(F)C(F)(F)C(F)(F)F. The van der Waals surface area contributed by atoms with Gasteiger partial charge in [0.2, 0.25) is 9.84 Å². The van der Waals surface area contributed by atoms with Gasteiger partial charge in [0.15, 0.2) is 0 Å². The van der Waals surface area contributed by atoms with Gasteiger partial charge < -0.3 is 5.11 Å². The quantitative estimate of drug-likeness (QED) is 0.469. The van der Waals surface area contributed by atoms with E-state index >= 15 is 0 Å². The van der Waals surface area contributed by atoms with Crippen LogP contribution in [-0.4, -0.2) is 48.6 Å². The van der Waals surface area contributed by atoms with Crippen molar-refractivity contribution < 1.29 is 70.6 Å². The van der Waals surface area contributed by atoms with Crippen LogP contribution in [0.3, 0.4) is 0 Å². The molecule has 2 aromatic rings. The minimum Gasteiger partial charge on any atom is -0.508 e. The molecule has 0 amide bonds. The van der Waals surface area contributed by atoms with Crippen molar-refractivity contribution in [2.75, 3.05) is 0 Å². The Morgan fingerprint density at radius 3 is 1.48 bits per heavy atom. The Balaban J connectivity index is 2.68. The van der Waals surface area contributed by atoms with Crippen LogP contribution < -0.4 is 0 Å². The van der Waals surface area contributed by atoms with Crippen molar-refractivity contribution in [3.63, 3.8) is 0 Å². The molecule has 0 aliphatic rings. The van der Waals surface area contributed by atoms with Gasteiger partial charge in [-0.2, -0.15) is 57.1 Å². The maximum absolute atomic E-state index is 14.1. The van der Waals surface area contributed by atoms with Crippen molar-refractivity contribution in [1.82, 2.24) is 0 Å². The van der Waals surface area contributed by atoms with Crippen molar-refractivity contribution in [2.24, 2.45) is 0 Å². The summed E-state index contributed by atoms with van der Waals surface area (Å²) < 4.78 is 196. The Labute approximate surface area is 174 Å². The van der Waals surface area contributed by atoms with Crippen LogP contribution in [0.25, 0.3) is 10.8 Å². The van der Waals surface area contributed by atoms with E-state index in [-0.39, 0.29) is 22.9 Å². The number of hydrogen-bond donors (Lipinski definition) is 1. The van der Waals surface area contributed by atoms with Gasteiger partial charge in [-0.1, -0.05) is 12.1 Å². The van der Waals surface area contributed by atoms with Crippen LogP contribution in [-0.2, 0) is 9.84 Å². The summed E-state index contributed by atoms with van der Waals surface area (Å²) in [5.74, 6) is -32.8. The summed E-state index contributed by atoms with van der Waals surface area (Å²) in [7, 11) is -7.11. The molecule has 17 heteroatoms. The van der Waals surface area contributed by atoms with Gasteiger partial charge in [0.05, 0.1) is 4.90 Å². The van der Waals surface area contributed by atoms with Crippen LogP contribution in [0.15, 0.2) is 41.3 Å². The van der Waals surface area contributed by atoms with Crippen molar-refractivity contribution in [1.29, 1.82) is 0 Å². The lowest BCUT2D eigenvalue weighted by atomic mass is 9.98. The molecule has 186 valence electrons. The van der Waals surface area contributed by atoms with Crippen LogP contribution in [0.5, 0.6) is 5.75 Å². The molecular weight excluding hydrogens is 519 g/mol. The highest BCUT2D eigenvalue weighted by atomic mass is 32.2. The Morgan fingerprint density at radius 1 is 0.576 bits per heavy atom. The monoisotopic (exact) mass is 526 g/mol. The summed E-state index contributed by atoms with van der Waals surface area (Å²) in [4.78, 5) is -1.90. The van der Waals surface area contributed by atoms with Gasteiger partial charge in [-0.25, -0.2) is 8.42 Å². The van der Waals surface area contributed by atoms with E-state index in [2.05, 4.69) is 0 Å². The average molecular weight is 526 g/mol. The Morgan fingerprint density at radius 2 is 1.00 bits per heavy atom. The van der Waals surface area contributed by atoms with Gasteiger partial charge in [-0.3, -0.25) is 0 Å². The van der Waals surface area contributed by atoms with Crippen molar-refractivity contribution in [3.05, 3.63) is 36.4 Å². The lowest BCUT2D eigenvalue weighted by molar-refractivity contribution is -0.433. The highest BCUT2D eigenvalue weighted by Gasteiger charge is 2.92. The molecule has 0 atom stereocenters. The molecule has 2 aromatic carbocycles. The molecule has 33 heavy (non-hydrogen) atoms. The molecule has 0 aliphatic heterocycles. The second-order valence-corrected chi connectivity index (χ2v) is 8.50. The first-order valence-electron chi connectivity index (χ1n) is 7.90. The standard InChI is InChI=1S/C16H7F13O3S/c17-11(18,13(21,22)15(25,26)27)12(19,20)14(23,24)16(28,29)33(31,32)10-4-2-7-5-9(30)3-1-8(7)6-10/h1-6,30H. The van der Waals surface area contributed by atoms with Crippen molar-refractivity contribution >= 4 is 20.6 Å². The maximum Gasteiger partial charge on any atom is 0.460 e. The molecule has 0 spiro atoms. The number of hydrogen-bond acceptors (Lipinski definition) is 3. The van der Waals surface area contributed by atoms with Crippen LogP contribution in [0, 0.1) is 0 Å². The van der Waals surface area contributed by atoms with Crippen LogP contribution >= 0.6 is 0 Å². The number of aromatic hydroxyl groups is 1. The fraction of sp³-hybridized carbons (Fsp3) is 0.375. The molecule has 2 rings (SSSR count). The van der Waals surface area contributed by atoms with E-state index in [0.717, 1.165) is 18.2 Å². The fourth-order valence-corrected chi connectivity index (χ4v) is 3.74. The molecule has 0 saturated heterocycles. The van der Waals surface area contributed by atoms with Gasteiger partial charge in [0.25, 0.3) is 0 Å². The van der Waals surface area contributed by atoms with E-state index in [4.69, 9.17) is 0 Å². The number of sulfone groups is 1. The molecule has 3 nitrogen and oxygen atoms in total.